The number of nitrogens with one attached hydrogen (secondary N) is 4. The van der Waals surface area contributed by atoms with Gasteiger partial charge < -0.3 is 14.8 Å². The molecule has 3 aliphatic heterocycles. The van der Waals surface area contributed by atoms with Crippen molar-refractivity contribution in [1.82, 2.24) is 26.6 Å². The highest BCUT2D eigenvalue weighted by atomic mass is 32.2. The Bertz CT molecular complexity index is 557. The second-order valence-corrected chi connectivity index (χ2v) is 11.0. The van der Waals surface area contributed by atoms with Crippen LogP contribution in [0.25, 0.3) is 0 Å². The normalized spacial score (nSPS) is 48.4. The molecule has 0 aromatic heterocycles. The zero-order valence-electron chi connectivity index (χ0n) is 17.9. The fourth-order valence-corrected chi connectivity index (χ4v) is 7.77. The van der Waals surface area contributed by atoms with Gasteiger partial charge in [0.1, 0.15) is 11.7 Å². The lowest BCUT2D eigenvalue weighted by atomic mass is 9.77. The molecule has 2 saturated carbocycles. The highest BCUT2D eigenvalue weighted by Gasteiger charge is 2.47. The van der Waals surface area contributed by atoms with Crippen molar-refractivity contribution in [3.8, 4) is 0 Å². The number of ether oxygens (including phenoxy) is 2. The van der Waals surface area contributed by atoms with Crippen molar-refractivity contribution in [2.45, 2.75) is 106 Å². The van der Waals surface area contributed by atoms with Crippen LogP contribution in [0.5, 0.6) is 0 Å². The van der Waals surface area contributed by atoms with E-state index in [0.29, 0.717) is 29.0 Å². The molecule has 4 N–H and O–H groups in total. The van der Waals surface area contributed by atoms with Gasteiger partial charge in [0.05, 0.1) is 17.6 Å². The fraction of sp³-hybridized carbons (Fsp3) is 1.00. The number of methoxy groups -OCH3 is 2. The van der Waals surface area contributed by atoms with E-state index in [4.69, 9.17) is 9.47 Å². The van der Waals surface area contributed by atoms with Gasteiger partial charge in [-0.3, -0.25) is 0 Å². The summed E-state index contributed by atoms with van der Waals surface area (Å²) in [6, 6.07) is 1.25. The van der Waals surface area contributed by atoms with Gasteiger partial charge >= 0.3 is 0 Å². The van der Waals surface area contributed by atoms with Crippen LogP contribution in [0, 0.1) is 11.8 Å². The summed E-state index contributed by atoms with van der Waals surface area (Å²) in [5.41, 5.74) is 11.3. The number of hydrazine groups is 2. The predicted molar refractivity (Wildman–Crippen MR) is 116 cm³/mol. The van der Waals surface area contributed by atoms with E-state index in [9.17, 15) is 0 Å². The molecular formula is C21H39N5O2S. The average molecular weight is 426 g/mol. The van der Waals surface area contributed by atoms with Crippen LogP contribution in [0.4, 0.5) is 0 Å². The van der Waals surface area contributed by atoms with Crippen molar-refractivity contribution in [3.05, 3.63) is 0 Å². The minimum absolute atomic E-state index is 0.243. The molecule has 3 heterocycles. The largest absolute Gasteiger partial charge is 0.379 e. The summed E-state index contributed by atoms with van der Waals surface area (Å²) in [7, 11) is 3.64. The fourth-order valence-electron chi connectivity index (χ4n) is 6.44. The molecule has 9 unspecified atom stereocenters. The van der Waals surface area contributed by atoms with Gasteiger partial charge in [-0.2, -0.15) is 5.01 Å². The Morgan fingerprint density at radius 3 is 2.62 bits per heavy atom. The molecule has 5 rings (SSSR count). The maximum atomic E-state index is 5.71. The van der Waals surface area contributed by atoms with E-state index in [0.717, 1.165) is 24.8 Å². The van der Waals surface area contributed by atoms with E-state index >= 15 is 0 Å². The molecule has 2 aliphatic carbocycles. The lowest BCUT2D eigenvalue weighted by molar-refractivity contribution is -0.0716. The third kappa shape index (κ3) is 4.37. The van der Waals surface area contributed by atoms with E-state index in [2.05, 4.69) is 26.6 Å². The molecule has 5 fully saturated rings. The molecule has 29 heavy (non-hydrogen) atoms. The number of rotatable bonds is 5. The maximum absolute atomic E-state index is 5.71. The Hall–Kier alpha value is 0.0700. The first-order valence-corrected chi connectivity index (χ1v) is 12.7. The van der Waals surface area contributed by atoms with Crippen LogP contribution < -0.4 is 21.6 Å². The van der Waals surface area contributed by atoms with E-state index in [1.807, 2.05) is 26.0 Å². The Kier molecular flexibility index (Phi) is 6.70. The number of hydrogen-bond donors (Lipinski definition) is 4. The molecule has 0 bridgehead atoms. The molecular weight excluding hydrogens is 386 g/mol. The van der Waals surface area contributed by atoms with Crippen molar-refractivity contribution in [2.75, 3.05) is 14.2 Å². The quantitative estimate of drug-likeness (QED) is 0.534. The summed E-state index contributed by atoms with van der Waals surface area (Å²) in [4.78, 5) is 0. The third-order valence-corrected chi connectivity index (χ3v) is 9.28. The number of fused-ring (bicyclic) bond motifs is 2. The predicted octanol–water partition coefficient (Wildman–Crippen LogP) is 2.11. The van der Waals surface area contributed by atoms with Gasteiger partial charge in [0.2, 0.25) is 0 Å². The van der Waals surface area contributed by atoms with Gasteiger partial charge in [0.15, 0.2) is 0 Å². The van der Waals surface area contributed by atoms with Crippen LogP contribution >= 0.6 is 11.8 Å². The summed E-state index contributed by atoms with van der Waals surface area (Å²) in [5, 5.41) is 6.93. The minimum Gasteiger partial charge on any atom is -0.379 e. The van der Waals surface area contributed by atoms with Crippen molar-refractivity contribution < 1.29 is 9.47 Å². The molecule has 0 aromatic rings. The van der Waals surface area contributed by atoms with Gasteiger partial charge in [-0.05, 0) is 63.2 Å². The van der Waals surface area contributed by atoms with E-state index < -0.39 is 0 Å². The summed E-state index contributed by atoms with van der Waals surface area (Å²) in [6.07, 6.45) is 13.8. The number of nitrogens with zero attached hydrogens (tertiary/aromatic N) is 1. The average Bonchev–Trinajstić information content (AvgIpc) is 3.33. The Morgan fingerprint density at radius 2 is 1.76 bits per heavy atom. The van der Waals surface area contributed by atoms with Crippen LogP contribution in [-0.4, -0.2) is 60.6 Å². The van der Waals surface area contributed by atoms with Crippen molar-refractivity contribution in [1.29, 1.82) is 0 Å². The Labute approximate surface area is 179 Å². The van der Waals surface area contributed by atoms with Crippen molar-refractivity contribution >= 4 is 11.8 Å². The highest BCUT2D eigenvalue weighted by Crippen LogP contribution is 2.39. The SMILES string of the molecule is COC1CCC(CC2NN3C(NNC3C3CCC4CCCCC4N3)S2)CC1OC. The minimum atomic E-state index is 0.243. The van der Waals surface area contributed by atoms with Gasteiger partial charge in [-0.15, -0.1) is 11.8 Å². The topological polar surface area (TPSA) is 69.8 Å². The molecule has 166 valence electrons. The Morgan fingerprint density at radius 1 is 0.897 bits per heavy atom. The first-order chi connectivity index (χ1) is 14.2. The molecule has 7 nitrogen and oxygen atoms in total. The van der Waals surface area contributed by atoms with Gasteiger partial charge in [-0.1, -0.05) is 12.8 Å². The molecule has 0 aromatic carbocycles. The number of hydrogen-bond acceptors (Lipinski definition) is 8. The second-order valence-electron chi connectivity index (χ2n) is 9.71. The first kappa shape index (κ1) is 20.9. The molecule has 0 spiro atoms. The van der Waals surface area contributed by atoms with Crippen LogP contribution in [0.1, 0.15) is 64.2 Å². The summed E-state index contributed by atoms with van der Waals surface area (Å²) in [5.74, 6) is 1.62. The zero-order valence-corrected chi connectivity index (χ0v) is 18.8. The van der Waals surface area contributed by atoms with Gasteiger partial charge in [0, 0.05) is 26.3 Å². The van der Waals surface area contributed by atoms with Gasteiger partial charge in [0.25, 0.3) is 0 Å². The molecule has 9 atom stereocenters. The monoisotopic (exact) mass is 425 g/mol. The number of thioether (sulfide) groups is 1. The maximum Gasteiger partial charge on any atom is 0.136 e. The van der Waals surface area contributed by atoms with Crippen LogP contribution in [0.3, 0.4) is 0 Å². The van der Waals surface area contributed by atoms with Crippen LogP contribution in [-0.2, 0) is 9.47 Å². The van der Waals surface area contributed by atoms with Crippen LogP contribution in [0.2, 0.25) is 0 Å². The Balaban J connectivity index is 1.14. The summed E-state index contributed by atoms with van der Waals surface area (Å²) in [6.45, 7) is 0. The van der Waals surface area contributed by atoms with Gasteiger partial charge in [-0.25, -0.2) is 16.3 Å². The summed E-state index contributed by atoms with van der Waals surface area (Å²) >= 11 is 2.02. The second kappa shape index (κ2) is 9.28. The van der Waals surface area contributed by atoms with Crippen LogP contribution in [0.15, 0.2) is 0 Å². The lowest BCUT2D eigenvalue weighted by Crippen LogP contribution is -2.61. The summed E-state index contributed by atoms with van der Waals surface area (Å²) < 4.78 is 11.3. The van der Waals surface area contributed by atoms with Crippen molar-refractivity contribution in [3.63, 3.8) is 0 Å². The standard InChI is InChI=1S/C21H39N5O2S/c1-27-17-10-7-13(11-18(17)28-2)12-19-25-26-20(23-24-21(26)29-19)16-9-8-14-5-3-4-6-15(14)22-16/h13-25H,3-12H2,1-2H3. The third-order valence-electron chi connectivity index (χ3n) is 8.05. The molecule has 3 saturated heterocycles. The van der Waals surface area contributed by atoms with E-state index in [1.54, 1.807) is 0 Å². The molecule has 0 radical (unpaired) electrons. The highest BCUT2D eigenvalue weighted by molar-refractivity contribution is 8.00. The number of piperidine rings is 1. The lowest BCUT2D eigenvalue weighted by Gasteiger charge is -2.43. The smallest absolute Gasteiger partial charge is 0.136 e. The van der Waals surface area contributed by atoms with Crippen molar-refractivity contribution in [2.24, 2.45) is 11.8 Å². The molecule has 8 heteroatoms. The van der Waals surface area contributed by atoms with E-state index in [-0.39, 0.29) is 12.2 Å². The van der Waals surface area contributed by atoms with E-state index in [1.165, 1.54) is 51.4 Å². The zero-order chi connectivity index (χ0) is 19.8. The molecule has 5 aliphatic rings. The first-order valence-electron chi connectivity index (χ1n) is 11.8. The molecule has 0 amide bonds.